The van der Waals surface area contributed by atoms with Crippen LogP contribution >= 0.6 is 0 Å². The summed E-state index contributed by atoms with van der Waals surface area (Å²) >= 11 is 0. The lowest BCUT2D eigenvalue weighted by Gasteiger charge is -2.27. The molecule has 0 fully saturated rings. The average molecular weight is 517 g/mol. The molecule has 3 rings (SSSR count). The van der Waals surface area contributed by atoms with Gasteiger partial charge in [-0.3, -0.25) is 0 Å². The van der Waals surface area contributed by atoms with Crippen molar-refractivity contribution in [2.45, 2.75) is 57.9 Å². The molecule has 0 amide bonds. The highest BCUT2D eigenvalue weighted by Gasteiger charge is 2.39. The summed E-state index contributed by atoms with van der Waals surface area (Å²) in [5, 5.41) is 9.83. The third kappa shape index (κ3) is 7.18. The van der Waals surface area contributed by atoms with E-state index in [1.165, 1.54) is 36.8 Å². The van der Waals surface area contributed by atoms with Crippen LogP contribution in [0.1, 0.15) is 51.3 Å². The number of aliphatic carboxylic acids is 1. The lowest BCUT2D eigenvalue weighted by Crippen LogP contribution is -2.38. The molecule has 0 radical (unpaired) electrons. The highest BCUT2D eigenvalue weighted by Crippen LogP contribution is 2.35. The molecule has 2 atom stereocenters. The number of alkyl halides is 3. The van der Waals surface area contributed by atoms with Gasteiger partial charge < -0.3 is 19.3 Å². The van der Waals surface area contributed by atoms with Crippen LogP contribution in [0.25, 0.3) is 0 Å². The molecule has 37 heavy (non-hydrogen) atoms. The maximum Gasteiger partial charge on any atom is 0.416 e. The van der Waals surface area contributed by atoms with Crippen LogP contribution in [0.15, 0.2) is 72.8 Å². The van der Waals surface area contributed by atoms with Gasteiger partial charge in [0.2, 0.25) is 5.60 Å². The van der Waals surface area contributed by atoms with Gasteiger partial charge in [0, 0.05) is 5.56 Å². The number of hydrogen-bond donors (Lipinski definition) is 1. The van der Waals surface area contributed by atoms with Gasteiger partial charge >= 0.3 is 12.1 Å². The summed E-state index contributed by atoms with van der Waals surface area (Å²) in [6.07, 6.45) is -4.83. The molecule has 0 bridgehead atoms. The van der Waals surface area contributed by atoms with Crippen molar-refractivity contribution in [2.75, 3.05) is 6.61 Å². The van der Waals surface area contributed by atoms with Gasteiger partial charge in [-0.25, -0.2) is 4.79 Å². The standard InChI is InChI=1S/C29H31F3O5/c1-19(36-24-15-9-20(10-16-24)27(2,3)4)18-35-23-13-11-21(12-14-23)28(5,26(33)34)37-25-8-6-7-22(17-25)29(30,31)32/h6-17,19H,18H2,1-5H3,(H,33,34). The third-order valence-corrected chi connectivity index (χ3v) is 5.84. The predicted octanol–water partition coefficient (Wildman–Crippen LogP) is 7.23. The molecule has 1 N–H and O–H groups in total. The summed E-state index contributed by atoms with van der Waals surface area (Å²) in [4.78, 5) is 12.1. The molecule has 198 valence electrons. The normalized spacial score (nSPS) is 14.4. The van der Waals surface area contributed by atoms with E-state index in [0.29, 0.717) is 5.75 Å². The molecule has 0 aromatic heterocycles. The number of carboxylic acid groups (broad SMARTS) is 1. The van der Waals surface area contributed by atoms with Crippen LogP contribution in [0, 0.1) is 0 Å². The number of carbonyl (C=O) groups is 1. The van der Waals surface area contributed by atoms with Crippen molar-refractivity contribution >= 4 is 5.97 Å². The Labute approximate surface area is 214 Å². The third-order valence-electron chi connectivity index (χ3n) is 5.84. The Morgan fingerprint density at radius 2 is 1.38 bits per heavy atom. The number of ether oxygens (including phenoxy) is 3. The summed E-state index contributed by atoms with van der Waals surface area (Å²) in [7, 11) is 0. The SMILES string of the molecule is CC(COc1ccc(C(C)(Oc2cccc(C(F)(F)F)c2)C(=O)O)cc1)Oc1ccc(C(C)(C)C)cc1. The van der Waals surface area contributed by atoms with Gasteiger partial charge in [-0.15, -0.1) is 0 Å². The van der Waals surface area contributed by atoms with Gasteiger partial charge in [0.25, 0.3) is 0 Å². The predicted molar refractivity (Wildman–Crippen MR) is 134 cm³/mol. The minimum Gasteiger partial charge on any atom is -0.490 e. The van der Waals surface area contributed by atoms with Gasteiger partial charge in [0.1, 0.15) is 30.0 Å². The van der Waals surface area contributed by atoms with Gasteiger partial charge in [0.15, 0.2) is 0 Å². The summed E-state index contributed by atoms with van der Waals surface area (Å²) in [6, 6.07) is 18.2. The van der Waals surface area contributed by atoms with Gasteiger partial charge in [0.05, 0.1) is 5.56 Å². The van der Waals surface area contributed by atoms with Crippen molar-refractivity contribution in [3.8, 4) is 17.2 Å². The number of hydrogen-bond acceptors (Lipinski definition) is 4. The Morgan fingerprint density at radius 1 is 0.811 bits per heavy atom. The van der Waals surface area contributed by atoms with Crippen molar-refractivity contribution < 1.29 is 37.3 Å². The molecule has 8 heteroatoms. The van der Waals surface area contributed by atoms with Crippen LogP contribution in [0.2, 0.25) is 0 Å². The van der Waals surface area contributed by atoms with Gasteiger partial charge in [-0.1, -0.05) is 51.1 Å². The van der Waals surface area contributed by atoms with E-state index in [-0.39, 0.29) is 29.4 Å². The van der Waals surface area contributed by atoms with Gasteiger partial charge in [-0.05, 0) is 67.3 Å². The van der Waals surface area contributed by atoms with E-state index in [1.54, 1.807) is 12.1 Å². The second-order valence-electron chi connectivity index (χ2n) is 10.0. The van der Waals surface area contributed by atoms with E-state index in [4.69, 9.17) is 14.2 Å². The molecule has 5 nitrogen and oxygen atoms in total. The second-order valence-corrected chi connectivity index (χ2v) is 10.0. The van der Waals surface area contributed by atoms with E-state index >= 15 is 0 Å². The highest BCUT2D eigenvalue weighted by molar-refractivity contribution is 5.79. The zero-order chi connectivity index (χ0) is 27.4. The first-order valence-electron chi connectivity index (χ1n) is 11.8. The Bertz CT molecular complexity index is 1200. The first-order valence-corrected chi connectivity index (χ1v) is 11.8. The minimum absolute atomic E-state index is 0.0499. The van der Waals surface area contributed by atoms with E-state index in [1.807, 2.05) is 31.2 Å². The molecule has 3 aromatic rings. The summed E-state index contributed by atoms with van der Waals surface area (Å²) in [5.74, 6) is -0.350. The fourth-order valence-electron chi connectivity index (χ4n) is 3.58. The maximum atomic E-state index is 13.0. The number of rotatable bonds is 9. The van der Waals surface area contributed by atoms with Crippen LogP contribution in [0.4, 0.5) is 13.2 Å². The zero-order valence-corrected chi connectivity index (χ0v) is 21.4. The van der Waals surface area contributed by atoms with E-state index < -0.39 is 23.3 Å². The number of halogens is 3. The molecule has 0 saturated heterocycles. The topological polar surface area (TPSA) is 65.0 Å². The van der Waals surface area contributed by atoms with Crippen LogP contribution in [-0.2, 0) is 22.0 Å². The molecule has 3 aromatic carbocycles. The Balaban J connectivity index is 1.65. The van der Waals surface area contributed by atoms with Crippen LogP contribution in [0.5, 0.6) is 17.2 Å². The minimum atomic E-state index is -4.57. The smallest absolute Gasteiger partial charge is 0.416 e. The largest absolute Gasteiger partial charge is 0.490 e. The lowest BCUT2D eigenvalue weighted by molar-refractivity contribution is -0.154. The second kappa shape index (κ2) is 10.7. The van der Waals surface area contributed by atoms with E-state index in [0.717, 1.165) is 17.9 Å². The highest BCUT2D eigenvalue weighted by atomic mass is 19.4. The molecule has 0 aliphatic carbocycles. The van der Waals surface area contributed by atoms with Crippen molar-refractivity contribution in [1.29, 1.82) is 0 Å². The monoisotopic (exact) mass is 516 g/mol. The van der Waals surface area contributed by atoms with Crippen LogP contribution in [0.3, 0.4) is 0 Å². The summed E-state index contributed by atoms with van der Waals surface area (Å²) in [5.41, 5.74) is -1.35. The Hall–Kier alpha value is -3.68. The van der Waals surface area contributed by atoms with Crippen molar-refractivity contribution in [2.24, 2.45) is 0 Å². The van der Waals surface area contributed by atoms with E-state index in [9.17, 15) is 23.1 Å². The maximum absolute atomic E-state index is 13.0. The quantitative estimate of drug-likeness (QED) is 0.325. The van der Waals surface area contributed by atoms with Crippen LogP contribution < -0.4 is 14.2 Å². The molecular formula is C29H31F3O5. The van der Waals surface area contributed by atoms with Crippen molar-refractivity contribution in [3.63, 3.8) is 0 Å². The molecular weight excluding hydrogens is 485 g/mol. The molecule has 0 aliphatic heterocycles. The molecule has 0 saturated carbocycles. The molecule has 2 unspecified atom stereocenters. The van der Waals surface area contributed by atoms with E-state index in [2.05, 4.69) is 20.8 Å². The number of carboxylic acids is 1. The first kappa shape index (κ1) is 27.9. The molecule has 0 aliphatic rings. The van der Waals surface area contributed by atoms with Gasteiger partial charge in [-0.2, -0.15) is 13.2 Å². The summed E-state index contributed by atoms with van der Waals surface area (Å²) < 4.78 is 56.4. The van der Waals surface area contributed by atoms with Crippen molar-refractivity contribution in [1.82, 2.24) is 0 Å². The molecule has 0 spiro atoms. The van der Waals surface area contributed by atoms with Crippen LogP contribution in [-0.4, -0.2) is 23.8 Å². The number of benzene rings is 3. The fraction of sp³-hybridized carbons (Fsp3) is 0.345. The Kier molecular flexibility index (Phi) is 8.10. The first-order chi connectivity index (χ1) is 17.2. The fourth-order valence-corrected chi connectivity index (χ4v) is 3.58. The summed E-state index contributed by atoms with van der Waals surface area (Å²) in [6.45, 7) is 9.82. The molecule has 0 heterocycles. The van der Waals surface area contributed by atoms with Crippen molar-refractivity contribution in [3.05, 3.63) is 89.5 Å². The lowest BCUT2D eigenvalue weighted by atomic mass is 9.87. The average Bonchev–Trinajstić information content (AvgIpc) is 2.82. The zero-order valence-electron chi connectivity index (χ0n) is 21.4. The Morgan fingerprint density at radius 3 is 1.92 bits per heavy atom.